The molecular weight excluding hydrogens is 466 g/mol. The molecule has 2 aromatic rings. The van der Waals surface area contributed by atoms with Gasteiger partial charge >= 0.3 is 6.09 Å². The molecular formula is C29H50N3O3Si+. The second-order valence-electron chi connectivity index (χ2n) is 13.5. The van der Waals surface area contributed by atoms with Gasteiger partial charge in [-0.15, -0.1) is 0 Å². The molecule has 0 unspecified atom stereocenters. The van der Waals surface area contributed by atoms with E-state index in [4.69, 9.17) is 9.16 Å². The Balaban J connectivity index is 2.15. The van der Waals surface area contributed by atoms with E-state index in [1.165, 1.54) is 11.4 Å². The number of aryl methyl sites for hydroxylation is 1. The first kappa shape index (κ1) is 30.1. The number of ether oxygens (including phenoxy) is 1. The van der Waals surface area contributed by atoms with E-state index in [9.17, 15) is 4.79 Å². The van der Waals surface area contributed by atoms with Crippen LogP contribution < -0.4 is 9.88 Å². The van der Waals surface area contributed by atoms with Crippen LogP contribution >= 0.6 is 0 Å². The predicted molar refractivity (Wildman–Crippen MR) is 151 cm³/mol. The third kappa shape index (κ3) is 8.77. The zero-order valence-corrected chi connectivity index (χ0v) is 25.8. The van der Waals surface area contributed by atoms with E-state index in [-0.39, 0.29) is 22.6 Å². The maximum atomic E-state index is 12.6. The van der Waals surface area contributed by atoms with Crippen molar-refractivity contribution in [2.75, 3.05) is 6.61 Å². The summed E-state index contributed by atoms with van der Waals surface area (Å²) < 4.78 is 14.1. The molecule has 1 aromatic heterocycles. The number of hydrogen-bond acceptors (Lipinski definition) is 3. The maximum Gasteiger partial charge on any atom is 0.407 e. The molecule has 0 spiro atoms. The number of carbonyl (C=O) groups excluding carboxylic acids is 1. The molecule has 1 atom stereocenters. The molecule has 0 radical (unpaired) electrons. The van der Waals surface area contributed by atoms with Crippen molar-refractivity contribution in [3.8, 4) is 11.3 Å². The summed E-state index contributed by atoms with van der Waals surface area (Å²) in [7, 11) is 0.225. The number of amides is 1. The Hall–Kier alpha value is -2.12. The van der Waals surface area contributed by atoms with Gasteiger partial charge in [0.2, 0.25) is 0 Å². The average molecular weight is 517 g/mol. The van der Waals surface area contributed by atoms with Crippen LogP contribution in [0.15, 0.2) is 30.5 Å². The van der Waals surface area contributed by atoms with Gasteiger partial charge in [0.25, 0.3) is 5.82 Å². The van der Waals surface area contributed by atoms with Crippen molar-refractivity contribution in [3.05, 3.63) is 41.9 Å². The highest BCUT2D eigenvalue weighted by Crippen LogP contribution is 2.36. The first-order valence-corrected chi connectivity index (χ1v) is 16.0. The van der Waals surface area contributed by atoms with Crippen LogP contribution in [0, 0.1) is 0 Å². The lowest BCUT2D eigenvalue weighted by molar-refractivity contribution is -0.681. The number of alkyl carbamates (subject to hydrolysis) is 1. The minimum absolute atomic E-state index is 0.0416. The lowest BCUT2D eigenvalue weighted by Crippen LogP contribution is -2.44. The first-order valence-electron chi connectivity index (χ1n) is 13.1. The zero-order chi connectivity index (χ0) is 27.5. The van der Waals surface area contributed by atoms with Crippen LogP contribution in [-0.2, 0) is 28.0 Å². The van der Waals surface area contributed by atoms with Crippen LogP contribution in [0.3, 0.4) is 0 Å². The molecule has 2 N–H and O–H groups in total. The van der Waals surface area contributed by atoms with Crippen LogP contribution in [-0.4, -0.2) is 37.6 Å². The summed E-state index contributed by atoms with van der Waals surface area (Å²) in [6, 6.07) is 8.50. The Morgan fingerprint density at radius 3 is 2.08 bits per heavy atom. The van der Waals surface area contributed by atoms with Gasteiger partial charge in [-0.1, -0.05) is 45.0 Å². The highest BCUT2D eigenvalue weighted by molar-refractivity contribution is 6.74. The molecule has 7 heteroatoms. The summed E-state index contributed by atoms with van der Waals surface area (Å²) in [5.41, 5.74) is 2.91. The molecule has 0 saturated heterocycles. The SMILES string of the molecule is C[n+]1cc(-c2ccc(C[C@H](CCO[Si](C)(C)C(C)(C)C)NC(=O)OC(C)(C)C)cc2)[nH]c1C(C)(C)C. The van der Waals surface area contributed by atoms with Crippen LogP contribution in [0.25, 0.3) is 11.3 Å². The number of carbonyl (C=O) groups is 1. The van der Waals surface area contributed by atoms with E-state index >= 15 is 0 Å². The van der Waals surface area contributed by atoms with Crippen LogP contribution in [0.1, 0.15) is 80.1 Å². The quantitative estimate of drug-likeness (QED) is 0.305. The van der Waals surface area contributed by atoms with Gasteiger partial charge in [0.05, 0.1) is 12.5 Å². The molecule has 0 aliphatic rings. The summed E-state index contributed by atoms with van der Waals surface area (Å²) >= 11 is 0. The third-order valence-corrected chi connectivity index (χ3v) is 11.4. The maximum absolute atomic E-state index is 12.6. The second-order valence-corrected chi connectivity index (χ2v) is 18.3. The summed E-state index contributed by atoms with van der Waals surface area (Å²) in [6.45, 7) is 24.1. The molecule has 0 aliphatic carbocycles. The van der Waals surface area contributed by atoms with Crippen molar-refractivity contribution in [1.29, 1.82) is 0 Å². The highest BCUT2D eigenvalue weighted by Gasteiger charge is 2.37. The van der Waals surface area contributed by atoms with E-state index < -0.39 is 13.9 Å². The normalized spacial score (nSPS) is 14.0. The van der Waals surface area contributed by atoms with Crippen molar-refractivity contribution in [2.45, 2.75) is 110 Å². The number of benzene rings is 1. The number of rotatable bonds is 8. The van der Waals surface area contributed by atoms with Gasteiger partial charge in [-0.05, 0) is 78.1 Å². The third-order valence-electron chi connectivity index (χ3n) is 6.84. The second kappa shape index (κ2) is 11.1. The number of nitrogens with zero attached hydrogens (tertiary/aromatic N) is 1. The Labute approximate surface area is 220 Å². The van der Waals surface area contributed by atoms with Crippen molar-refractivity contribution in [3.63, 3.8) is 0 Å². The summed E-state index contributed by atoms with van der Waals surface area (Å²) in [5.74, 6) is 1.19. The van der Waals surface area contributed by atoms with Crippen molar-refractivity contribution < 1.29 is 18.5 Å². The molecule has 0 saturated carbocycles. The summed E-state index contributed by atoms with van der Waals surface area (Å²) in [6.07, 6.45) is 3.20. The summed E-state index contributed by atoms with van der Waals surface area (Å²) in [4.78, 5) is 16.1. The van der Waals surface area contributed by atoms with Crippen LogP contribution in [0.2, 0.25) is 18.1 Å². The molecule has 0 fully saturated rings. The van der Waals surface area contributed by atoms with E-state index in [0.29, 0.717) is 13.0 Å². The Bertz CT molecular complexity index is 1010. The smallest absolute Gasteiger partial charge is 0.407 e. The van der Waals surface area contributed by atoms with E-state index in [1.54, 1.807) is 0 Å². The molecule has 202 valence electrons. The molecule has 1 amide bonds. The minimum atomic E-state index is -1.85. The molecule has 0 bridgehead atoms. The van der Waals surface area contributed by atoms with Gasteiger partial charge in [-0.3, -0.25) is 0 Å². The Morgan fingerprint density at radius 1 is 1.03 bits per heavy atom. The van der Waals surface area contributed by atoms with Gasteiger partial charge in [0.1, 0.15) is 11.8 Å². The molecule has 0 aliphatic heterocycles. The van der Waals surface area contributed by atoms with Gasteiger partial charge < -0.3 is 14.5 Å². The number of imidazole rings is 1. The highest BCUT2D eigenvalue weighted by atomic mass is 28.4. The average Bonchev–Trinajstić information content (AvgIpc) is 3.08. The lowest BCUT2D eigenvalue weighted by Gasteiger charge is -2.36. The molecule has 1 heterocycles. The largest absolute Gasteiger partial charge is 0.444 e. The van der Waals surface area contributed by atoms with E-state index in [2.05, 4.69) is 107 Å². The number of nitrogens with one attached hydrogen (secondary N) is 2. The number of hydrogen-bond donors (Lipinski definition) is 2. The van der Waals surface area contributed by atoms with E-state index in [0.717, 1.165) is 17.7 Å². The molecule has 2 rings (SSSR count). The van der Waals surface area contributed by atoms with Crippen molar-refractivity contribution in [1.82, 2.24) is 10.3 Å². The number of aromatic amines is 1. The fourth-order valence-corrected chi connectivity index (χ4v) is 4.91. The van der Waals surface area contributed by atoms with Crippen LogP contribution in [0.4, 0.5) is 4.79 Å². The molecule has 6 nitrogen and oxygen atoms in total. The molecule has 36 heavy (non-hydrogen) atoms. The van der Waals surface area contributed by atoms with Crippen LogP contribution in [0.5, 0.6) is 0 Å². The van der Waals surface area contributed by atoms with Crippen molar-refractivity contribution in [2.24, 2.45) is 7.05 Å². The van der Waals surface area contributed by atoms with Gasteiger partial charge in [-0.25, -0.2) is 14.3 Å². The standard InChI is InChI=1S/C29H49N3O3Si/c1-27(2,3)25-31-24(20-32(25)10)22-15-13-21(14-16-22)19-23(30-26(33)35-28(4,5)6)17-18-34-36(11,12)29(7,8)9/h13-16,20,23H,17-19H2,1-12H3,(H,30,33)/p+1/t23-/m0/s1. The monoisotopic (exact) mass is 516 g/mol. The van der Waals surface area contributed by atoms with Gasteiger partial charge in [0.15, 0.2) is 14.0 Å². The van der Waals surface area contributed by atoms with Gasteiger partial charge in [0, 0.05) is 18.2 Å². The van der Waals surface area contributed by atoms with Crippen molar-refractivity contribution >= 4 is 14.4 Å². The fraction of sp³-hybridized carbons (Fsp3) is 0.655. The first-order chi connectivity index (χ1) is 16.3. The lowest BCUT2D eigenvalue weighted by atomic mass is 9.96. The predicted octanol–water partition coefficient (Wildman–Crippen LogP) is 6.65. The van der Waals surface area contributed by atoms with Gasteiger partial charge in [-0.2, -0.15) is 0 Å². The Morgan fingerprint density at radius 2 is 1.61 bits per heavy atom. The topological polar surface area (TPSA) is 67.2 Å². The summed E-state index contributed by atoms with van der Waals surface area (Å²) in [5, 5.41) is 3.24. The number of H-pyrrole nitrogens is 1. The zero-order valence-electron chi connectivity index (χ0n) is 24.8. The minimum Gasteiger partial charge on any atom is -0.444 e. The Kier molecular flexibility index (Phi) is 9.28. The fourth-order valence-electron chi connectivity index (χ4n) is 3.85. The number of aromatic nitrogens is 2. The molecule has 1 aromatic carbocycles. The van der Waals surface area contributed by atoms with E-state index in [1.807, 2.05) is 20.8 Å².